The van der Waals surface area contributed by atoms with E-state index in [0.717, 1.165) is 44.1 Å². The minimum atomic E-state index is -1.30. The number of pyridine rings is 2. The molecule has 2 aromatic heterocycles. The normalized spacial score (nSPS) is 14.1. The molecule has 0 radical (unpaired) electrons. The maximum Gasteiger partial charge on any atom is 0.341 e. The number of carbonyl (C=O) groups is 2. The van der Waals surface area contributed by atoms with Gasteiger partial charge in [-0.2, -0.15) is 0 Å². The number of benzene rings is 6. The van der Waals surface area contributed by atoms with E-state index in [1.165, 1.54) is 51.1 Å². The fraction of sp³-hybridized carbons (Fsp3) is 0.259. The molecular weight excluding hydrogens is 947 g/mol. The molecule has 8 aromatic rings. The van der Waals surface area contributed by atoms with Gasteiger partial charge in [0.1, 0.15) is 22.8 Å². The van der Waals surface area contributed by atoms with Gasteiger partial charge in [0.2, 0.25) is 10.9 Å². The van der Waals surface area contributed by atoms with Crippen LogP contribution in [0.3, 0.4) is 0 Å². The fourth-order valence-corrected chi connectivity index (χ4v) is 9.73. The molecule has 0 bridgehead atoms. The van der Waals surface area contributed by atoms with Crippen LogP contribution in [0.25, 0.3) is 43.4 Å². The number of nitrogens with one attached hydrogen (secondary N) is 1. The number of fused-ring (bicyclic) bond motifs is 4. The van der Waals surface area contributed by atoms with Crippen LogP contribution in [0.2, 0.25) is 0 Å². The Balaban J connectivity index is 0.000000157. The van der Waals surface area contributed by atoms with Crippen LogP contribution >= 0.6 is 15.9 Å². The van der Waals surface area contributed by atoms with Gasteiger partial charge in [-0.15, -0.1) is 0 Å². The average molecular weight is 1000 g/mol. The Kier molecular flexibility index (Phi) is 15.2. The zero-order valence-electron chi connectivity index (χ0n) is 38.4. The first kappa shape index (κ1) is 48.5. The largest absolute Gasteiger partial charge is 0.477 e. The first-order chi connectivity index (χ1) is 33.4. The Hall–Kier alpha value is -6.94. The van der Waals surface area contributed by atoms with Crippen LogP contribution in [0.5, 0.6) is 0 Å². The summed E-state index contributed by atoms with van der Waals surface area (Å²) in [6.07, 6.45) is 2.67. The van der Waals surface area contributed by atoms with Gasteiger partial charge >= 0.3 is 11.9 Å². The smallest absolute Gasteiger partial charge is 0.341 e. The number of hydrogen-bond acceptors (Lipinski definition) is 8. The lowest BCUT2D eigenvalue weighted by Gasteiger charge is -2.36. The minimum absolute atomic E-state index is 0.0950. The van der Waals surface area contributed by atoms with Gasteiger partial charge in [-0.05, 0) is 70.8 Å². The summed E-state index contributed by atoms with van der Waals surface area (Å²) in [5.74, 6) is -3.61. The van der Waals surface area contributed by atoms with E-state index in [2.05, 4.69) is 105 Å². The van der Waals surface area contributed by atoms with Crippen LogP contribution in [0, 0.1) is 11.6 Å². The summed E-state index contributed by atoms with van der Waals surface area (Å²) in [4.78, 5) is 53.9. The molecule has 4 heterocycles. The third-order valence-electron chi connectivity index (χ3n) is 12.9. The van der Waals surface area contributed by atoms with Crippen LogP contribution in [0.15, 0.2) is 131 Å². The second-order valence-corrected chi connectivity index (χ2v) is 17.5. The standard InChI is InChI=1S/C27H26FN3O3.C16H18FN3O3.C11H9Br/c1-2-30-17-22(27(33)34)26(32)21-14-23(28)25(15-24(21)30)31-12-10-29(11-13-31)16-19-8-5-7-18-6-3-4-9-20(18)19;1-2-19-9-11(16(22)23)15(21)10-7-12(17)14(8-13(10)19)20-5-3-18-4-6-20;12-8-10-6-3-5-9-4-1-2-7-11(9)10/h3-9,14-15,17H,2,10-13,16H2,1H3,(H,33,34);7-9,18H,2-6H2,1H3,(H,22,23);1-7H,8H2. The lowest BCUT2D eigenvalue weighted by atomic mass is 10.0. The molecule has 0 unspecified atom stereocenters. The van der Waals surface area contributed by atoms with Crippen LogP contribution in [-0.4, -0.2) is 88.5 Å². The number of aromatic carboxylic acids is 2. The highest BCUT2D eigenvalue weighted by molar-refractivity contribution is 9.08. The highest BCUT2D eigenvalue weighted by Gasteiger charge is 2.24. The summed E-state index contributed by atoms with van der Waals surface area (Å²) in [6, 6.07) is 35.2. The van der Waals surface area contributed by atoms with E-state index < -0.39 is 34.4 Å². The average Bonchev–Trinajstić information content (AvgIpc) is 3.37. The quantitative estimate of drug-likeness (QED) is 0.120. The Morgan fingerprint density at radius 1 is 0.580 bits per heavy atom. The molecule has 12 nitrogen and oxygen atoms in total. The number of nitrogens with zero attached hydrogens (tertiary/aromatic N) is 5. The van der Waals surface area contributed by atoms with E-state index in [1.807, 2.05) is 29.7 Å². The van der Waals surface area contributed by atoms with Crippen molar-refractivity contribution in [1.82, 2.24) is 19.4 Å². The molecule has 2 fully saturated rings. The predicted octanol–water partition coefficient (Wildman–Crippen LogP) is 9.34. The van der Waals surface area contributed by atoms with Crippen molar-refractivity contribution in [3.05, 3.63) is 176 Å². The number of halogens is 3. The molecule has 6 aromatic carbocycles. The lowest BCUT2D eigenvalue weighted by Crippen LogP contribution is -2.46. The highest BCUT2D eigenvalue weighted by Crippen LogP contribution is 2.29. The molecule has 0 aliphatic carbocycles. The van der Waals surface area contributed by atoms with E-state index in [1.54, 1.807) is 21.3 Å². The molecule has 0 amide bonds. The minimum Gasteiger partial charge on any atom is -0.477 e. The highest BCUT2D eigenvalue weighted by atomic mass is 79.9. The van der Waals surface area contributed by atoms with Crippen molar-refractivity contribution in [3.8, 4) is 0 Å². The van der Waals surface area contributed by atoms with E-state index in [0.29, 0.717) is 61.7 Å². The monoisotopic (exact) mass is 998 g/mol. The summed E-state index contributed by atoms with van der Waals surface area (Å²) < 4.78 is 33.0. The number of anilines is 2. The summed E-state index contributed by atoms with van der Waals surface area (Å²) in [7, 11) is 0. The Labute approximate surface area is 405 Å². The van der Waals surface area contributed by atoms with Crippen molar-refractivity contribution in [2.24, 2.45) is 0 Å². The van der Waals surface area contributed by atoms with E-state index in [-0.39, 0.29) is 21.9 Å². The molecule has 2 aliphatic rings. The van der Waals surface area contributed by atoms with Crippen molar-refractivity contribution in [3.63, 3.8) is 0 Å². The molecule has 0 atom stereocenters. The molecule has 69 heavy (non-hydrogen) atoms. The number of carboxylic acid groups (broad SMARTS) is 2. The Morgan fingerprint density at radius 3 is 1.48 bits per heavy atom. The number of rotatable bonds is 9. The number of piperazine rings is 2. The van der Waals surface area contributed by atoms with Crippen LogP contribution < -0.4 is 26.0 Å². The van der Waals surface area contributed by atoms with Gasteiger partial charge in [0.05, 0.1) is 22.4 Å². The number of carboxylic acids is 2. The van der Waals surface area contributed by atoms with Gasteiger partial charge in [0.25, 0.3) is 0 Å². The molecule has 10 rings (SSSR count). The Bertz CT molecular complexity index is 3320. The van der Waals surface area contributed by atoms with Gasteiger partial charge in [0, 0.05) is 100 Å². The number of aromatic nitrogens is 2. The molecule has 15 heteroatoms. The van der Waals surface area contributed by atoms with Crippen molar-refractivity contribution in [2.45, 2.75) is 38.8 Å². The lowest BCUT2D eigenvalue weighted by molar-refractivity contribution is 0.0684. The molecule has 2 aliphatic heterocycles. The number of alkyl halides is 1. The molecule has 0 saturated carbocycles. The van der Waals surface area contributed by atoms with Gasteiger partial charge in [-0.3, -0.25) is 14.5 Å². The van der Waals surface area contributed by atoms with Crippen LogP contribution in [0.4, 0.5) is 20.2 Å². The SMILES string of the molecule is BrCc1cccc2ccccc12.CCn1cc(C(=O)O)c(=O)c2cc(F)c(N3CCN(Cc4cccc5ccccc45)CC3)cc21.CCn1cc(C(=O)O)c(=O)c2cc(F)c(N3CCNCC3)cc21. The topological polar surface area (TPSA) is 140 Å². The maximum absolute atomic E-state index is 15.1. The molecular formula is C54H53BrF2N6O6. The van der Waals surface area contributed by atoms with Crippen molar-refractivity contribution in [1.29, 1.82) is 0 Å². The molecule has 0 spiro atoms. The van der Waals surface area contributed by atoms with Crippen LogP contribution in [0.1, 0.15) is 45.7 Å². The fourth-order valence-electron chi connectivity index (χ4n) is 9.24. The van der Waals surface area contributed by atoms with Crippen molar-refractivity contribution >= 4 is 82.6 Å². The predicted molar refractivity (Wildman–Crippen MR) is 275 cm³/mol. The Morgan fingerprint density at radius 2 is 1.01 bits per heavy atom. The molecule has 2 saturated heterocycles. The number of aryl methyl sites for hydroxylation is 2. The zero-order chi connectivity index (χ0) is 48.8. The van der Waals surface area contributed by atoms with Crippen molar-refractivity contribution in [2.75, 3.05) is 62.2 Å². The van der Waals surface area contributed by atoms with Gasteiger partial charge in [-0.1, -0.05) is 101 Å². The third-order valence-corrected chi connectivity index (χ3v) is 13.5. The molecule has 3 N–H and O–H groups in total. The second kappa shape index (κ2) is 21.6. The summed E-state index contributed by atoms with van der Waals surface area (Å²) in [5, 5.41) is 28.0. The summed E-state index contributed by atoms with van der Waals surface area (Å²) in [5.41, 5.74) is 2.64. The van der Waals surface area contributed by atoms with Crippen molar-refractivity contribution < 1.29 is 28.6 Å². The summed E-state index contributed by atoms with van der Waals surface area (Å²) in [6.45, 7) is 11.3. The first-order valence-electron chi connectivity index (χ1n) is 23.0. The van der Waals surface area contributed by atoms with Gasteiger partial charge < -0.3 is 34.5 Å². The van der Waals surface area contributed by atoms with Gasteiger partial charge in [-0.25, -0.2) is 18.4 Å². The first-order valence-corrected chi connectivity index (χ1v) is 24.1. The summed E-state index contributed by atoms with van der Waals surface area (Å²) >= 11 is 3.48. The number of hydrogen-bond donors (Lipinski definition) is 3. The van der Waals surface area contributed by atoms with E-state index in [9.17, 15) is 28.7 Å². The van der Waals surface area contributed by atoms with Crippen LogP contribution in [-0.2, 0) is 25.0 Å². The maximum atomic E-state index is 15.1. The van der Waals surface area contributed by atoms with E-state index in [4.69, 9.17) is 5.11 Å². The van der Waals surface area contributed by atoms with E-state index >= 15 is 4.39 Å². The second-order valence-electron chi connectivity index (χ2n) is 17.0. The van der Waals surface area contributed by atoms with Gasteiger partial charge in [0.15, 0.2) is 0 Å². The third kappa shape index (κ3) is 10.4. The molecule has 356 valence electrons. The zero-order valence-corrected chi connectivity index (χ0v) is 40.0.